The number of ether oxygens (including phenoxy) is 2. The van der Waals surface area contributed by atoms with Crippen LogP contribution in [-0.2, 0) is 9.47 Å². The van der Waals surface area contributed by atoms with Crippen LogP contribution in [0.3, 0.4) is 0 Å². The lowest BCUT2D eigenvalue weighted by Crippen LogP contribution is -2.50. The van der Waals surface area contributed by atoms with Crippen LogP contribution in [0.15, 0.2) is 0 Å². The van der Waals surface area contributed by atoms with Crippen LogP contribution in [0.2, 0.25) is 0 Å². The molecule has 0 spiro atoms. The Kier molecular flexibility index (Phi) is 6.07. The van der Waals surface area contributed by atoms with Crippen molar-refractivity contribution in [2.24, 2.45) is 5.92 Å². The zero-order valence-corrected chi connectivity index (χ0v) is 12.7. The molecule has 0 radical (unpaired) electrons. The molecule has 0 aromatic carbocycles. The molecule has 0 aliphatic carbocycles. The molecule has 0 bridgehead atoms. The van der Waals surface area contributed by atoms with Gasteiger partial charge in [-0.3, -0.25) is 4.90 Å². The predicted octanol–water partition coefficient (Wildman–Crippen LogP) is 1.50. The fourth-order valence-corrected chi connectivity index (χ4v) is 3.14. The van der Waals surface area contributed by atoms with Crippen LogP contribution >= 0.6 is 0 Å². The van der Waals surface area contributed by atoms with Crippen LogP contribution in [0, 0.1) is 5.92 Å². The van der Waals surface area contributed by atoms with Crippen molar-refractivity contribution < 1.29 is 9.47 Å². The predicted molar refractivity (Wildman–Crippen MR) is 77.5 cm³/mol. The average Bonchev–Trinajstić information content (AvgIpc) is 2.81. The number of hydrogen-bond acceptors (Lipinski definition) is 4. The highest BCUT2D eigenvalue weighted by atomic mass is 16.5. The van der Waals surface area contributed by atoms with E-state index in [0.29, 0.717) is 18.2 Å². The Bertz CT molecular complexity index is 255. The molecule has 3 unspecified atom stereocenters. The van der Waals surface area contributed by atoms with E-state index in [-0.39, 0.29) is 0 Å². The van der Waals surface area contributed by atoms with Crippen molar-refractivity contribution in [2.45, 2.75) is 51.8 Å². The summed E-state index contributed by atoms with van der Waals surface area (Å²) in [7, 11) is 0. The van der Waals surface area contributed by atoms with Crippen molar-refractivity contribution >= 4 is 0 Å². The monoisotopic (exact) mass is 270 g/mol. The smallest absolute Gasteiger partial charge is 0.0700 e. The van der Waals surface area contributed by atoms with Gasteiger partial charge in [-0.05, 0) is 25.7 Å². The minimum absolute atomic E-state index is 0.365. The van der Waals surface area contributed by atoms with Crippen LogP contribution in [0.1, 0.15) is 33.6 Å². The van der Waals surface area contributed by atoms with Gasteiger partial charge in [0.1, 0.15) is 0 Å². The third-order valence-electron chi connectivity index (χ3n) is 4.30. The summed E-state index contributed by atoms with van der Waals surface area (Å²) in [6, 6.07) is 1.17. The van der Waals surface area contributed by atoms with Gasteiger partial charge < -0.3 is 14.8 Å². The molecule has 3 atom stereocenters. The summed E-state index contributed by atoms with van der Waals surface area (Å²) in [4.78, 5) is 2.59. The van der Waals surface area contributed by atoms with E-state index in [1.54, 1.807) is 0 Å². The standard InChI is InChI=1S/C15H30N2O2/c1-12(2)10-14(17-5-8-18-9-6-17)11-16-15-4-7-19-13(15)3/h12-16H,4-11H2,1-3H3. The SMILES string of the molecule is CC(C)CC(CNC1CCOC1C)N1CCOCC1. The molecule has 2 rings (SSSR count). The first-order valence-electron chi connectivity index (χ1n) is 7.83. The molecule has 0 amide bonds. The molecule has 2 aliphatic heterocycles. The zero-order chi connectivity index (χ0) is 13.7. The Balaban J connectivity index is 1.82. The molecule has 4 heteroatoms. The van der Waals surface area contributed by atoms with Gasteiger partial charge in [-0.2, -0.15) is 0 Å². The Morgan fingerprint density at radius 2 is 1.95 bits per heavy atom. The van der Waals surface area contributed by atoms with Crippen molar-refractivity contribution in [3.05, 3.63) is 0 Å². The van der Waals surface area contributed by atoms with Crippen molar-refractivity contribution in [3.63, 3.8) is 0 Å². The third kappa shape index (κ3) is 4.71. The van der Waals surface area contributed by atoms with E-state index in [1.807, 2.05) is 0 Å². The lowest BCUT2D eigenvalue weighted by Gasteiger charge is -2.36. The Labute approximate surface area is 117 Å². The number of rotatable bonds is 6. The van der Waals surface area contributed by atoms with Crippen molar-refractivity contribution in [3.8, 4) is 0 Å². The second kappa shape index (κ2) is 7.58. The molecule has 2 saturated heterocycles. The topological polar surface area (TPSA) is 33.7 Å². The van der Waals surface area contributed by atoms with Crippen LogP contribution in [0.5, 0.6) is 0 Å². The van der Waals surface area contributed by atoms with Gasteiger partial charge in [-0.15, -0.1) is 0 Å². The third-order valence-corrected chi connectivity index (χ3v) is 4.30. The molecule has 0 aromatic rings. The van der Waals surface area contributed by atoms with Crippen LogP contribution in [-0.4, -0.2) is 62.5 Å². The molecule has 0 saturated carbocycles. The Hall–Kier alpha value is -0.160. The minimum Gasteiger partial charge on any atom is -0.379 e. The molecule has 2 aliphatic rings. The van der Waals surface area contributed by atoms with Crippen LogP contribution < -0.4 is 5.32 Å². The molecular weight excluding hydrogens is 240 g/mol. The molecule has 19 heavy (non-hydrogen) atoms. The summed E-state index contributed by atoms with van der Waals surface area (Å²) in [6.45, 7) is 12.7. The first-order chi connectivity index (χ1) is 9.16. The zero-order valence-electron chi connectivity index (χ0n) is 12.7. The fourth-order valence-electron chi connectivity index (χ4n) is 3.14. The van der Waals surface area contributed by atoms with Crippen molar-refractivity contribution in [1.29, 1.82) is 0 Å². The Morgan fingerprint density at radius 3 is 2.53 bits per heavy atom. The van der Waals surface area contributed by atoms with E-state index in [0.717, 1.165) is 51.8 Å². The first kappa shape index (κ1) is 15.2. The number of morpholine rings is 1. The number of nitrogens with zero attached hydrogens (tertiary/aromatic N) is 1. The van der Waals surface area contributed by atoms with E-state index in [9.17, 15) is 0 Å². The van der Waals surface area contributed by atoms with Crippen molar-refractivity contribution in [1.82, 2.24) is 10.2 Å². The van der Waals surface area contributed by atoms with Crippen LogP contribution in [0.25, 0.3) is 0 Å². The van der Waals surface area contributed by atoms with Crippen LogP contribution in [0.4, 0.5) is 0 Å². The summed E-state index contributed by atoms with van der Waals surface area (Å²) in [5.74, 6) is 0.742. The maximum absolute atomic E-state index is 5.63. The minimum atomic E-state index is 0.365. The van der Waals surface area contributed by atoms with E-state index in [2.05, 4.69) is 31.0 Å². The normalized spacial score (nSPS) is 30.9. The molecule has 2 fully saturated rings. The van der Waals surface area contributed by atoms with Gasteiger partial charge >= 0.3 is 0 Å². The molecule has 2 heterocycles. The van der Waals surface area contributed by atoms with E-state index >= 15 is 0 Å². The summed E-state index contributed by atoms with van der Waals surface area (Å²) in [5.41, 5.74) is 0. The fraction of sp³-hybridized carbons (Fsp3) is 1.00. The molecule has 0 aromatic heterocycles. The van der Waals surface area contributed by atoms with E-state index in [4.69, 9.17) is 9.47 Å². The summed E-state index contributed by atoms with van der Waals surface area (Å²) >= 11 is 0. The molecule has 4 nitrogen and oxygen atoms in total. The van der Waals surface area contributed by atoms with Gasteiger partial charge in [0, 0.05) is 38.3 Å². The average molecular weight is 270 g/mol. The number of hydrogen-bond donors (Lipinski definition) is 1. The number of nitrogens with one attached hydrogen (secondary N) is 1. The van der Waals surface area contributed by atoms with Gasteiger partial charge in [0.05, 0.1) is 19.3 Å². The summed E-state index contributed by atoms with van der Waals surface area (Å²) < 4.78 is 11.1. The van der Waals surface area contributed by atoms with E-state index < -0.39 is 0 Å². The Morgan fingerprint density at radius 1 is 1.21 bits per heavy atom. The lowest BCUT2D eigenvalue weighted by atomic mass is 10.0. The summed E-state index contributed by atoms with van der Waals surface area (Å²) in [6.07, 6.45) is 2.78. The van der Waals surface area contributed by atoms with Gasteiger partial charge in [0.15, 0.2) is 0 Å². The molecule has 112 valence electrons. The molecule has 1 N–H and O–H groups in total. The van der Waals surface area contributed by atoms with Gasteiger partial charge in [0.2, 0.25) is 0 Å². The quantitative estimate of drug-likeness (QED) is 0.793. The van der Waals surface area contributed by atoms with E-state index in [1.165, 1.54) is 6.42 Å². The maximum atomic E-state index is 5.63. The highest BCUT2D eigenvalue weighted by Crippen LogP contribution is 2.16. The highest BCUT2D eigenvalue weighted by Gasteiger charge is 2.27. The van der Waals surface area contributed by atoms with Crippen molar-refractivity contribution in [2.75, 3.05) is 39.5 Å². The molecular formula is C15H30N2O2. The van der Waals surface area contributed by atoms with Gasteiger partial charge in [-0.25, -0.2) is 0 Å². The summed E-state index contributed by atoms with van der Waals surface area (Å²) in [5, 5.41) is 3.73. The lowest BCUT2D eigenvalue weighted by molar-refractivity contribution is 0.0111. The highest BCUT2D eigenvalue weighted by molar-refractivity contribution is 4.83. The second-order valence-electron chi connectivity index (χ2n) is 6.31. The first-order valence-corrected chi connectivity index (χ1v) is 7.83. The largest absolute Gasteiger partial charge is 0.379 e. The second-order valence-corrected chi connectivity index (χ2v) is 6.31. The maximum Gasteiger partial charge on any atom is 0.0700 e. The van der Waals surface area contributed by atoms with Gasteiger partial charge in [-0.1, -0.05) is 13.8 Å². The van der Waals surface area contributed by atoms with Gasteiger partial charge in [0.25, 0.3) is 0 Å².